The summed E-state index contributed by atoms with van der Waals surface area (Å²) in [5.41, 5.74) is 0.742. The summed E-state index contributed by atoms with van der Waals surface area (Å²) in [6, 6.07) is 17.0. The van der Waals surface area contributed by atoms with Crippen molar-refractivity contribution in [1.82, 2.24) is 0 Å². The summed E-state index contributed by atoms with van der Waals surface area (Å²) in [6.07, 6.45) is 20.7. The van der Waals surface area contributed by atoms with Crippen molar-refractivity contribution in [2.24, 2.45) is 0 Å². The fourth-order valence-corrected chi connectivity index (χ4v) is 5.86. The van der Waals surface area contributed by atoms with Crippen LogP contribution in [0.4, 0.5) is 17.1 Å². The van der Waals surface area contributed by atoms with Gasteiger partial charge < -0.3 is 25.6 Å². The average molecular weight is 687 g/mol. The molecule has 0 heterocycles. The molecule has 50 heavy (non-hydrogen) atoms. The Bertz CT molecular complexity index is 1500. The number of benzene rings is 3. The molecule has 0 fully saturated rings. The van der Waals surface area contributed by atoms with E-state index in [4.69, 9.17) is 4.74 Å². The first-order valence-electron chi connectivity index (χ1n) is 18.3. The van der Waals surface area contributed by atoms with Gasteiger partial charge in [-0.15, -0.1) is 0 Å². The molecule has 0 aliphatic carbocycles. The van der Waals surface area contributed by atoms with E-state index < -0.39 is 24.3 Å². The Morgan fingerprint density at radius 3 is 1.68 bits per heavy atom. The largest absolute Gasteiger partial charge is 0.494 e. The molecule has 0 spiro atoms. The van der Waals surface area contributed by atoms with Crippen LogP contribution in [-0.4, -0.2) is 40.4 Å². The number of nitrogens with one attached hydrogen (secondary N) is 2. The van der Waals surface area contributed by atoms with Crippen LogP contribution in [0.3, 0.4) is 0 Å². The first-order valence-corrected chi connectivity index (χ1v) is 18.3. The van der Waals surface area contributed by atoms with Crippen molar-refractivity contribution >= 4 is 40.7 Å². The SMILES string of the molecule is CCCCCCCCCCCCCCCCCCOc1ccc(C(=O)CC(=O)Nc2ccc(Nc3ccccc3C(=O)O)c(C(=O)O)c2)cc1. The summed E-state index contributed by atoms with van der Waals surface area (Å²) in [6.45, 7) is 2.88. The van der Waals surface area contributed by atoms with Crippen molar-refractivity contribution in [3.8, 4) is 5.75 Å². The average Bonchev–Trinajstić information content (AvgIpc) is 3.10. The maximum Gasteiger partial charge on any atom is 0.337 e. The highest BCUT2D eigenvalue weighted by atomic mass is 16.5. The molecule has 3 aromatic carbocycles. The van der Waals surface area contributed by atoms with Crippen LogP contribution in [0, 0.1) is 0 Å². The number of para-hydroxylation sites is 1. The van der Waals surface area contributed by atoms with E-state index >= 15 is 0 Å². The molecule has 0 bridgehead atoms. The molecule has 1 amide bonds. The zero-order valence-electron chi connectivity index (χ0n) is 29.5. The summed E-state index contributed by atoms with van der Waals surface area (Å²) >= 11 is 0. The third-order valence-electron chi connectivity index (χ3n) is 8.72. The predicted octanol–water partition coefficient (Wildman–Crippen LogP) is 10.7. The van der Waals surface area contributed by atoms with Crippen molar-refractivity contribution < 1.29 is 34.1 Å². The van der Waals surface area contributed by atoms with Crippen molar-refractivity contribution in [2.45, 2.75) is 116 Å². The lowest BCUT2D eigenvalue weighted by Gasteiger charge is -2.14. The van der Waals surface area contributed by atoms with Gasteiger partial charge in [0.05, 0.1) is 35.5 Å². The van der Waals surface area contributed by atoms with E-state index in [0.717, 1.165) is 12.8 Å². The Kier molecular flexibility index (Phi) is 18.2. The van der Waals surface area contributed by atoms with Gasteiger partial charge in [-0.3, -0.25) is 9.59 Å². The molecule has 0 saturated heterocycles. The second-order valence-electron chi connectivity index (χ2n) is 12.9. The lowest BCUT2D eigenvalue weighted by atomic mass is 10.0. The molecule has 0 unspecified atom stereocenters. The number of carbonyl (C=O) groups excluding carboxylic acids is 2. The smallest absolute Gasteiger partial charge is 0.337 e. The zero-order chi connectivity index (χ0) is 36.0. The number of hydrogen-bond donors (Lipinski definition) is 4. The second kappa shape index (κ2) is 22.9. The number of carboxylic acids is 2. The Balaban J connectivity index is 1.30. The normalized spacial score (nSPS) is 10.8. The van der Waals surface area contributed by atoms with E-state index in [1.54, 1.807) is 36.4 Å². The number of aromatic carboxylic acids is 2. The maximum atomic E-state index is 12.7. The summed E-state index contributed by atoms with van der Waals surface area (Å²) < 4.78 is 5.84. The monoisotopic (exact) mass is 686 g/mol. The number of ether oxygens (including phenoxy) is 1. The minimum Gasteiger partial charge on any atom is -0.494 e. The molecule has 0 atom stereocenters. The van der Waals surface area contributed by atoms with Crippen LogP contribution in [0.25, 0.3) is 0 Å². The molecule has 9 heteroatoms. The van der Waals surface area contributed by atoms with Gasteiger partial charge in [-0.2, -0.15) is 0 Å². The number of unbranched alkanes of at least 4 members (excludes halogenated alkanes) is 15. The van der Waals surface area contributed by atoms with E-state index in [0.29, 0.717) is 17.9 Å². The van der Waals surface area contributed by atoms with Gasteiger partial charge >= 0.3 is 11.9 Å². The highest BCUT2D eigenvalue weighted by Crippen LogP contribution is 2.27. The molecule has 3 aromatic rings. The van der Waals surface area contributed by atoms with Gasteiger partial charge in [-0.1, -0.05) is 115 Å². The zero-order valence-corrected chi connectivity index (χ0v) is 29.5. The minimum absolute atomic E-state index is 0.0188. The van der Waals surface area contributed by atoms with Crippen molar-refractivity contribution in [1.29, 1.82) is 0 Å². The fraction of sp³-hybridized carbons (Fsp3) is 0.463. The van der Waals surface area contributed by atoms with Crippen LogP contribution in [0.1, 0.15) is 147 Å². The lowest BCUT2D eigenvalue weighted by molar-refractivity contribution is -0.115. The molecule has 0 aliphatic rings. The number of ketones is 1. The summed E-state index contributed by atoms with van der Waals surface area (Å²) in [4.78, 5) is 48.8. The molecule has 0 aliphatic heterocycles. The first kappa shape index (κ1) is 39.8. The number of rotatable bonds is 26. The maximum absolute atomic E-state index is 12.7. The highest BCUT2D eigenvalue weighted by molar-refractivity contribution is 6.11. The van der Waals surface area contributed by atoms with E-state index in [-0.39, 0.29) is 34.0 Å². The van der Waals surface area contributed by atoms with Crippen LogP contribution in [-0.2, 0) is 4.79 Å². The molecule has 0 aromatic heterocycles. The predicted molar refractivity (Wildman–Crippen MR) is 199 cm³/mol. The standard InChI is InChI=1S/C41H54N2O7/c1-2-3-4-5-6-7-8-9-10-11-12-13-14-15-16-19-28-50-33-25-22-31(23-26-33)38(44)30-39(45)42-32-24-27-37(35(29-32)41(48)49)43-36-21-18-17-20-34(36)40(46)47/h17-18,20-27,29,43H,2-16,19,28,30H2,1H3,(H,42,45)(H,46,47)(H,48,49). The number of carboxylic acid groups (broad SMARTS) is 2. The number of anilines is 3. The Morgan fingerprint density at radius 1 is 0.600 bits per heavy atom. The molecular weight excluding hydrogens is 632 g/mol. The summed E-state index contributed by atoms with van der Waals surface area (Å²) in [5.74, 6) is -2.73. The van der Waals surface area contributed by atoms with Gasteiger partial charge in [0.2, 0.25) is 5.91 Å². The molecule has 270 valence electrons. The van der Waals surface area contributed by atoms with Gasteiger partial charge in [0, 0.05) is 11.3 Å². The quantitative estimate of drug-likeness (QED) is 0.0371. The first-order chi connectivity index (χ1) is 24.3. The molecular formula is C41H54N2O7. The summed E-state index contributed by atoms with van der Waals surface area (Å²) in [5, 5.41) is 24.6. The van der Waals surface area contributed by atoms with Gasteiger partial charge in [0.1, 0.15) is 5.75 Å². The number of carbonyl (C=O) groups is 4. The van der Waals surface area contributed by atoms with Crippen LogP contribution in [0.5, 0.6) is 5.75 Å². The van der Waals surface area contributed by atoms with Crippen molar-refractivity contribution in [2.75, 3.05) is 17.2 Å². The van der Waals surface area contributed by atoms with Crippen LogP contribution >= 0.6 is 0 Å². The van der Waals surface area contributed by atoms with Crippen LogP contribution < -0.4 is 15.4 Å². The Hall–Kier alpha value is -4.66. The van der Waals surface area contributed by atoms with Gasteiger partial charge in [-0.25, -0.2) is 9.59 Å². The van der Waals surface area contributed by atoms with Gasteiger partial charge in [-0.05, 0) is 61.0 Å². The molecule has 9 nitrogen and oxygen atoms in total. The lowest BCUT2D eigenvalue weighted by Crippen LogP contribution is -2.17. The second-order valence-corrected chi connectivity index (χ2v) is 12.9. The topological polar surface area (TPSA) is 142 Å². The fourth-order valence-electron chi connectivity index (χ4n) is 5.86. The molecule has 0 saturated carbocycles. The third-order valence-corrected chi connectivity index (χ3v) is 8.72. The van der Waals surface area contributed by atoms with Crippen LogP contribution in [0.2, 0.25) is 0 Å². The molecule has 4 N–H and O–H groups in total. The van der Waals surface area contributed by atoms with E-state index in [9.17, 15) is 29.4 Å². The molecule has 0 radical (unpaired) electrons. The number of Topliss-reactive ketones (excluding diaryl/α,β-unsaturated/α-hetero) is 1. The highest BCUT2D eigenvalue weighted by Gasteiger charge is 2.17. The number of hydrogen-bond acceptors (Lipinski definition) is 6. The van der Waals surface area contributed by atoms with E-state index in [2.05, 4.69) is 17.6 Å². The van der Waals surface area contributed by atoms with E-state index in [1.807, 2.05) is 0 Å². The van der Waals surface area contributed by atoms with Crippen molar-refractivity contribution in [3.63, 3.8) is 0 Å². The third kappa shape index (κ3) is 14.8. The summed E-state index contributed by atoms with van der Waals surface area (Å²) in [7, 11) is 0. The minimum atomic E-state index is -1.27. The van der Waals surface area contributed by atoms with E-state index in [1.165, 1.54) is 120 Å². The number of amides is 1. The van der Waals surface area contributed by atoms with Gasteiger partial charge in [0.15, 0.2) is 5.78 Å². The Morgan fingerprint density at radius 2 is 1.12 bits per heavy atom. The van der Waals surface area contributed by atoms with Crippen LogP contribution in [0.15, 0.2) is 66.7 Å². The molecule has 3 rings (SSSR count). The van der Waals surface area contributed by atoms with Crippen molar-refractivity contribution in [3.05, 3.63) is 83.4 Å². The van der Waals surface area contributed by atoms with Gasteiger partial charge in [0.25, 0.3) is 0 Å². The Labute approximate surface area is 296 Å².